The SMILES string of the molecule is NCc1nnc(C(F)F)n1C1CC1. The summed E-state index contributed by atoms with van der Waals surface area (Å²) in [5.74, 6) is 0.209. The molecule has 1 aliphatic carbocycles. The molecule has 1 aromatic heterocycles. The first kappa shape index (κ1) is 8.55. The van der Waals surface area contributed by atoms with Crippen molar-refractivity contribution in [3.8, 4) is 0 Å². The van der Waals surface area contributed by atoms with E-state index in [1.807, 2.05) is 0 Å². The Kier molecular flexibility index (Phi) is 1.99. The highest BCUT2D eigenvalue weighted by Crippen LogP contribution is 2.38. The average molecular weight is 188 g/mol. The molecule has 13 heavy (non-hydrogen) atoms. The molecule has 0 aliphatic heterocycles. The van der Waals surface area contributed by atoms with Gasteiger partial charge in [0.2, 0.25) is 5.82 Å². The monoisotopic (exact) mass is 188 g/mol. The Morgan fingerprint density at radius 3 is 2.62 bits per heavy atom. The first-order chi connectivity index (χ1) is 6.24. The van der Waals surface area contributed by atoms with Crippen LogP contribution in [-0.4, -0.2) is 14.8 Å². The van der Waals surface area contributed by atoms with Crippen LogP contribution in [0.15, 0.2) is 0 Å². The van der Waals surface area contributed by atoms with Crippen molar-refractivity contribution in [1.29, 1.82) is 0 Å². The molecule has 0 unspecified atom stereocenters. The lowest BCUT2D eigenvalue weighted by molar-refractivity contribution is 0.134. The summed E-state index contributed by atoms with van der Waals surface area (Å²) < 4.78 is 26.3. The molecule has 0 atom stereocenters. The Morgan fingerprint density at radius 1 is 1.46 bits per heavy atom. The van der Waals surface area contributed by atoms with Gasteiger partial charge in [0.15, 0.2) is 0 Å². The maximum atomic E-state index is 12.4. The van der Waals surface area contributed by atoms with E-state index in [1.54, 1.807) is 0 Å². The predicted molar refractivity (Wildman–Crippen MR) is 41.1 cm³/mol. The van der Waals surface area contributed by atoms with Gasteiger partial charge in [-0.25, -0.2) is 8.78 Å². The molecule has 1 fully saturated rings. The summed E-state index contributed by atoms with van der Waals surface area (Å²) in [5, 5.41) is 7.06. The van der Waals surface area contributed by atoms with Gasteiger partial charge in [0.05, 0.1) is 6.54 Å². The topological polar surface area (TPSA) is 56.7 Å². The highest BCUT2D eigenvalue weighted by Gasteiger charge is 2.31. The van der Waals surface area contributed by atoms with Crippen molar-refractivity contribution < 1.29 is 8.78 Å². The van der Waals surface area contributed by atoms with E-state index in [9.17, 15) is 8.78 Å². The van der Waals surface area contributed by atoms with Gasteiger partial charge in [0, 0.05) is 6.04 Å². The van der Waals surface area contributed by atoms with Crippen molar-refractivity contribution in [2.75, 3.05) is 0 Å². The standard InChI is InChI=1S/C7H10F2N4/c8-6(9)7-12-11-5(3-10)13(7)4-1-2-4/h4,6H,1-3,10H2. The molecule has 0 amide bonds. The molecule has 72 valence electrons. The van der Waals surface area contributed by atoms with Gasteiger partial charge in [-0.2, -0.15) is 0 Å². The predicted octanol–water partition coefficient (Wildman–Crippen LogP) is 1.01. The molecular formula is C7H10F2N4. The van der Waals surface area contributed by atoms with E-state index in [1.165, 1.54) is 4.57 Å². The van der Waals surface area contributed by atoms with Gasteiger partial charge < -0.3 is 10.3 Å². The summed E-state index contributed by atoms with van der Waals surface area (Å²) in [5.41, 5.74) is 5.36. The van der Waals surface area contributed by atoms with Crippen LogP contribution in [0.3, 0.4) is 0 Å². The third kappa shape index (κ3) is 1.41. The summed E-state index contributed by atoms with van der Waals surface area (Å²) in [4.78, 5) is 0. The van der Waals surface area contributed by atoms with Crippen LogP contribution in [0.5, 0.6) is 0 Å². The summed E-state index contributed by atoms with van der Waals surface area (Å²) >= 11 is 0. The minimum absolute atomic E-state index is 0.151. The molecule has 0 spiro atoms. The molecule has 1 aliphatic rings. The quantitative estimate of drug-likeness (QED) is 0.770. The molecule has 1 saturated carbocycles. The molecule has 1 heterocycles. The van der Waals surface area contributed by atoms with Gasteiger partial charge in [-0.1, -0.05) is 0 Å². The lowest BCUT2D eigenvalue weighted by atomic mass is 10.5. The van der Waals surface area contributed by atoms with Crippen LogP contribution in [0.1, 0.15) is 37.0 Å². The summed E-state index contributed by atoms with van der Waals surface area (Å²) in [6, 6.07) is 0.151. The van der Waals surface area contributed by atoms with Crippen LogP contribution in [-0.2, 0) is 6.54 Å². The Hall–Kier alpha value is -1.04. The second-order valence-corrected chi connectivity index (χ2v) is 3.08. The zero-order valence-electron chi connectivity index (χ0n) is 6.95. The second kappa shape index (κ2) is 3.02. The Bertz CT molecular complexity index is 305. The molecule has 0 radical (unpaired) electrons. The van der Waals surface area contributed by atoms with Crippen molar-refractivity contribution in [3.05, 3.63) is 11.6 Å². The zero-order valence-corrected chi connectivity index (χ0v) is 6.95. The highest BCUT2D eigenvalue weighted by molar-refractivity contribution is 5.03. The molecule has 0 aromatic carbocycles. The van der Waals surface area contributed by atoms with Crippen molar-refractivity contribution in [3.63, 3.8) is 0 Å². The van der Waals surface area contributed by atoms with E-state index in [0.717, 1.165) is 12.8 Å². The Labute approximate surface area is 73.7 Å². The average Bonchev–Trinajstić information content (AvgIpc) is 2.84. The molecule has 2 rings (SSSR count). The first-order valence-electron chi connectivity index (χ1n) is 4.16. The fourth-order valence-electron chi connectivity index (χ4n) is 1.36. The zero-order chi connectivity index (χ0) is 9.42. The molecule has 0 saturated heterocycles. The van der Waals surface area contributed by atoms with Gasteiger partial charge in [0.1, 0.15) is 5.82 Å². The van der Waals surface area contributed by atoms with E-state index >= 15 is 0 Å². The van der Waals surface area contributed by atoms with Crippen LogP contribution in [0.25, 0.3) is 0 Å². The third-order valence-electron chi connectivity index (χ3n) is 2.08. The smallest absolute Gasteiger partial charge is 0.297 e. The molecule has 0 bridgehead atoms. The number of halogens is 2. The summed E-state index contributed by atoms with van der Waals surface area (Å²) in [7, 11) is 0. The van der Waals surface area contributed by atoms with Crippen LogP contribution in [0.2, 0.25) is 0 Å². The maximum Gasteiger partial charge on any atom is 0.297 e. The van der Waals surface area contributed by atoms with E-state index in [-0.39, 0.29) is 18.4 Å². The van der Waals surface area contributed by atoms with Crippen LogP contribution >= 0.6 is 0 Å². The number of alkyl halides is 2. The largest absolute Gasteiger partial charge is 0.324 e. The van der Waals surface area contributed by atoms with Crippen molar-refractivity contribution in [2.24, 2.45) is 5.73 Å². The minimum Gasteiger partial charge on any atom is -0.324 e. The van der Waals surface area contributed by atoms with Gasteiger partial charge in [-0.15, -0.1) is 10.2 Å². The number of hydrogen-bond acceptors (Lipinski definition) is 3. The second-order valence-electron chi connectivity index (χ2n) is 3.08. The highest BCUT2D eigenvalue weighted by atomic mass is 19.3. The molecule has 4 nitrogen and oxygen atoms in total. The van der Waals surface area contributed by atoms with E-state index in [0.29, 0.717) is 5.82 Å². The Balaban J connectivity index is 2.38. The minimum atomic E-state index is -2.56. The van der Waals surface area contributed by atoms with Gasteiger partial charge in [0.25, 0.3) is 6.43 Å². The normalized spacial score (nSPS) is 16.9. The number of rotatable bonds is 3. The Morgan fingerprint density at radius 2 is 2.15 bits per heavy atom. The summed E-state index contributed by atoms with van der Waals surface area (Å²) in [6.45, 7) is 0.163. The fourth-order valence-corrected chi connectivity index (χ4v) is 1.36. The number of nitrogens with two attached hydrogens (primary N) is 1. The summed E-state index contributed by atoms with van der Waals surface area (Å²) in [6.07, 6.45) is -0.719. The van der Waals surface area contributed by atoms with Gasteiger partial charge in [-0.05, 0) is 12.8 Å². The maximum absolute atomic E-state index is 12.4. The fraction of sp³-hybridized carbons (Fsp3) is 0.714. The van der Waals surface area contributed by atoms with E-state index in [4.69, 9.17) is 5.73 Å². The van der Waals surface area contributed by atoms with E-state index < -0.39 is 6.43 Å². The van der Waals surface area contributed by atoms with Gasteiger partial charge in [-0.3, -0.25) is 0 Å². The third-order valence-corrected chi connectivity index (χ3v) is 2.08. The van der Waals surface area contributed by atoms with Crippen LogP contribution in [0, 0.1) is 0 Å². The van der Waals surface area contributed by atoms with Gasteiger partial charge >= 0.3 is 0 Å². The van der Waals surface area contributed by atoms with Crippen molar-refractivity contribution >= 4 is 0 Å². The molecule has 6 heteroatoms. The molecular weight excluding hydrogens is 178 g/mol. The molecule has 1 aromatic rings. The van der Waals surface area contributed by atoms with Crippen LogP contribution in [0.4, 0.5) is 8.78 Å². The van der Waals surface area contributed by atoms with E-state index in [2.05, 4.69) is 10.2 Å². The lowest BCUT2D eigenvalue weighted by Crippen LogP contribution is -2.10. The molecule has 2 N–H and O–H groups in total. The number of hydrogen-bond donors (Lipinski definition) is 1. The van der Waals surface area contributed by atoms with Crippen LogP contribution < -0.4 is 5.73 Å². The first-order valence-corrected chi connectivity index (χ1v) is 4.16. The van der Waals surface area contributed by atoms with Crippen molar-refractivity contribution in [2.45, 2.75) is 31.9 Å². The number of aromatic nitrogens is 3. The van der Waals surface area contributed by atoms with Crippen molar-refractivity contribution in [1.82, 2.24) is 14.8 Å². The lowest BCUT2D eigenvalue weighted by Gasteiger charge is -2.06. The number of nitrogens with zero attached hydrogens (tertiary/aromatic N) is 3.